The third-order valence-corrected chi connectivity index (χ3v) is 3.91. The molecule has 1 N–H and O–H groups in total. The van der Waals surface area contributed by atoms with E-state index in [0.717, 1.165) is 10.0 Å². The van der Waals surface area contributed by atoms with E-state index in [0.29, 0.717) is 5.56 Å². The molecule has 0 saturated carbocycles. The summed E-state index contributed by atoms with van der Waals surface area (Å²) in [5.41, 5.74) is 1.32. The van der Waals surface area contributed by atoms with Crippen molar-refractivity contribution < 1.29 is 9.72 Å². The molecule has 0 unspecified atom stereocenters. The maximum atomic E-state index is 12.3. The number of rotatable bonds is 4. The lowest BCUT2D eigenvalue weighted by Crippen LogP contribution is -2.27. The molecule has 1 atom stereocenters. The maximum Gasteiger partial charge on any atom is 0.285 e. The molecule has 0 aliphatic heterocycles. The Hall–Kier alpha value is -2.21. The lowest BCUT2D eigenvalue weighted by molar-refractivity contribution is -0.385. The van der Waals surface area contributed by atoms with Crippen molar-refractivity contribution in [1.82, 2.24) is 5.32 Å². The van der Waals surface area contributed by atoms with Crippen LogP contribution in [0.25, 0.3) is 0 Å². The summed E-state index contributed by atoms with van der Waals surface area (Å²) in [6.07, 6.45) is 0. The first-order valence-corrected chi connectivity index (χ1v) is 7.49. The summed E-state index contributed by atoms with van der Waals surface area (Å²) in [5, 5.41) is 14.0. The zero-order chi connectivity index (χ0) is 16.3. The van der Waals surface area contributed by atoms with Gasteiger partial charge in [-0.2, -0.15) is 0 Å². The maximum absolute atomic E-state index is 12.3. The van der Waals surface area contributed by atoms with E-state index in [4.69, 9.17) is 0 Å². The van der Waals surface area contributed by atoms with Crippen LogP contribution in [0, 0.1) is 17.0 Å². The SMILES string of the molecule is Cc1cccc(C(=O)N[C@H](C)c2ccc(Br)cc2)c1[N+](=O)[O-]. The molecule has 0 radical (unpaired) electrons. The summed E-state index contributed by atoms with van der Waals surface area (Å²) in [5.74, 6) is -0.453. The third kappa shape index (κ3) is 3.51. The topological polar surface area (TPSA) is 72.2 Å². The molecule has 2 aromatic carbocycles. The Morgan fingerprint density at radius 1 is 1.23 bits per heavy atom. The van der Waals surface area contributed by atoms with Gasteiger partial charge in [0.2, 0.25) is 0 Å². The molecule has 0 aliphatic carbocycles. The largest absolute Gasteiger partial charge is 0.345 e. The van der Waals surface area contributed by atoms with Crippen molar-refractivity contribution in [2.45, 2.75) is 19.9 Å². The second-order valence-electron chi connectivity index (χ2n) is 4.97. The van der Waals surface area contributed by atoms with Gasteiger partial charge in [-0.15, -0.1) is 0 Å². The van der Waals surface area contributed by atoms with Gasteiger partial charge in [-0.1, -0.05) is 40.2 Å². The Morgan fingerprint density at radius 3 is 2.45 bits per heavy atom. The van der Waals surface area contributed by atoms with E-state index in [1.54, 1.807) is 19.1 Å². The summed E-state index contributed by atoms with van der Waals surface area (Å²) in [4.78, 5) is 23.0. The standard InChI is InChI=1S/C16H15BrN2O3/c1-10-4-3-5-14(15(10)19(21)22)16(20)18-11(2)12-6-8-13(17)9-7-12/h3-9,11H,1-2H3,(H,18,20)/t11-/m1/s1. The molecule has 0 bridgehead atoms. The summed E-state index contributed by atoms with van der Waals surface area (Å²) in [6.45, 7) is 3.45. The number of nitro benzene ring substituents is 1. The molecule has 0 aliphatic rings. The van der Waals surface area contributed by atoms with Crippen molar-refractivity contribution in [3.05, 3.63) is 73.7 Å². The summed E-state index contributed by atoms with van der Waals surface area (Å²) in [6, 6.07) is 12.0. The number of hydrogen-bond acceptors (Lipinski definition) is 3. The average Bonchev–Trinajstić information content (AvgIpc) is 2.47. The highest BCUT2D eigenvalue weighted by molar-refractivity contribution is 9.10. The number of carbonyl (C=O) groups excluding carboxylic acids is 1. The molecule has 5 nitrogen and oxygen atoms in total. The van der Waals surface area contributed by atoms with Crippen LogP contribution in [0.5, 0.6) is 0 Å². The van der Waals surface area contributed by atoms with Crippen LogP contribution in [-0.2, 0) is 0 Å². The lowest BCUT2D eigenvalue weighted by atomic mass is 10.1. The minimum absolute atomic E-state index is 0.0777. The number of nitrogens with zero attached hydrogens (tertiary/aromatic N) is 1. The first-order valence-electron chi connectivity index (χ1n) is 6.70. The Labute approximate surface area is 136 Å². The Kier molecular flexibility index (Phi) is 4.92. The van der Waals surface area contributed by atoms with E-state index in [9.17, 15) is 14.9 Å². The smallest absolute Gasteiger partial charge is 0.285 e. The van der Waals surface area contributed by atoms with Gasteiger partial charge >= 0.3 is 0 Å². The number of para-hydroxylation sites is 1. The van der Waals surface area contributed by atoms with Crippen molar-refractivity contribution in [3.63, 3.8) is 0 Å². The zero-order valence-electron chi connectivity index (χ0n) is 12.2. The van der Waals surface area contributed by atoms with Crippen LogP contribution in [0.1, 0.15) is 34.5 Å². The molecule has 2 aromatic rings. The molecule has 0 heterocycles. The molecule has 0 spiro atoms. The summed E-state index contributed by atoms with van der Waals surface area (Å²) >= 11 is 3.35. The predicted molar refractivity (Wildman–Crippen MR) is 87.9 cm³/mol. The molecule has 6 heteroatoms. The van der Waals surface area contributed by atoms with Crippen molar-refractivity contribution in [2.75, 3.05) is 0 Å². The fourth-order valence-electron chi connectivity index (χ4n) is 2.19. The summed E-state index contributed by atoms with van der Waals surface area (Å²) in [7, 11) is 0. The lowest BCUT2D eigenvalue weighted by Gasteiger charge is -2.15. The molecular weight excluding hydrogens is 348 g/mol. The molecule has 1 amide bonds. The Morgan fingerprint density at radius 2 is 1.86 bits per heavy atom. The van der Waals surface area contributed by atoms with Gasteiger partial charge in [-0.25, -0.2) is 0 Å². The molecule has 114 valence electrons. The van der Waals surface area contributed by atoms with Gasteiger partial charge in [-0.05, 0) is 37.6 Å². The second-order valence-corrected chi connectivity index (χ2v) is 5.89. The average molecular weight is 363 g/mol. The zero-order valence-corrected chi connectivity index (χ0v) is 13.8. The highest BCUT2D eigenvalue weighted by Gasteiger charge is 2.23. The first-order chi connectivity index (χ1) is 10.4. The Balaban J connectivity index is 2.24. The van der Waals surface area contributed by atoms with Crippen molar-refractivity contribution in [1.29, 1.82) is 0 Å². The molecule has 0 aromatic heterocycles. The molecule has 0 fully saturated rings. The van der Waals surface area contributed by atoms with Crippen LogP contribution in [-0.4, -0.2) is 10.8 Å². The van der Waals surface area contributed by atoms with Gasteiger partial charge in [0.15, 0.2) is 0 Å². The fourth-order valence-corrected chi connectivity index (χ4v) is 2.46. The van der Waals surface area contributed by atoms with Gasteiger partial charge in [0.05, 0.1) is 11.0 Å². The van der Waals surface area contributed by atoms with Crippen LogP contribution in [0.4, 0.5) is 5.69 Å². The quantitative estimate of drug-likeness (QED) is 0.655. The third-order valence-electron chi connectivity index (χ3n) is 3.38. The molecule has 0 saturated heterocycles. The first kappa shape index (κ1) is 16.2. The van der Waals surface area contributed by atoms with Crippen LogP contribution >= 0.6 is 15.9 Å². The number of carbonyl (C=O) groups is 1. The number of nitro groups is 1. The van der Waals surface area contributed by atoms with Gasteiger partial charge < -0.3 is 5.32 Å². The van der Waals surface area contributed by atoms with E-state index >= 15 is 0 Å². The molecule has 2 rings (SSSR count). The van der Waals surface area contributed by atoms with Gasteiger partial charge in [-0.3, -0.25) is 14.9 Å². The van der Waals surface area contributed by atoms with Crippen molar-refractivity contribution >= 4 is 27.5 Å². The van der Waals surface area contributed by atoms with Gasteiger partial charge in [0.25, 0.3) is 11.6 Å². The second kappa shape index (κ2) is 6.70. The van der Waals surface area contributed by atoms with Gasteiger partial charge in [0.1, 0.15) is 5.56 Å². The van der Waals surface area contributed by atoms with Crippen LogP contribution in [0.2, 0.25) is 0 Å². The fraction of sp³-hybridized carbons (Fsp3) is 0.188. The highest BCUT2D eigenvalue weighted by atomic mass is 79.9. The van der Waals surface area contributed by atoms with E-state index in [-0.39, 0.29) is 17.3 Å². The normalized spacial score (nSPS) is 11.8. The minimum atomic E-state index is -0.519. The van der Waals surface area contributed by atoms with Crippen LogP contribution in [0.3, 0.4) is 0 Å². The predicted octanol–water partition coefficient (Wildman–Crippen LogP) is 4.16. The van der Waals surface area contributed by atoms with Crippen LogP contribution in [0.15, 0.2) is 46.9 Å². The van der Waals surface area contributed by atoms with Crippen molar-refractivity contribution in [3.8, 4) is 0 Å². The highest BCUT2D eigenvalue weighted by Crippen LogP contribution is 2.24. The minimum Gasteiger partial charge on any atom is -0.345 e. The van der Waals surface area contributed by atoms with Crippen molar-refractivity contribution in [2.24, 2.45) is 0 Å². The van der Waals surface area contributed by atoms with E-state index in [2.05, 4.69) is 21.2 Å². The van der Waals surface area contributed by atoms with Crippen LogP contribution < -0.4 is 5.32 Å². The summed E-state index contributed by atoms with van der Waals surface area (Å²) < 4.78 is 0.948. The number of halogens is 1. The number of benzene rings is 2. The molecular formula is C16H15BrN2O3. The van der Waals surface area contributed by atoms with E-state index < -0.39 is 10.8 Å². The Bertz CT molecular complexity index is 714. The number of hydrogen-bond donors (Lipinski definition) is 1. The number of nitrogens with one attached hydrogen (secondary N) is 1. The van der Waals surface area contributed by atoms with E-state index in [1.807, 2.05) is 31.2 Å². The van der Waals surface area contributed by atoms with Gasteiger partial charge in [0, 0.05) is 10.0 Å². The number of amides is 1. The number of aryl methyl sites for hydroxylation is 1. The van der Waals surface area contributed by atoms with E-state index in [1.165, 1.54) is 6.07 Å². The monoisotopic (exact) mass is 362 g/mol. The molecule has 22 heavy (non-hydrogen) atoms.